The van der Waals surface area contributed by atoms with Crippen LogP contribution in [0.3, 0.4) is 0 Å². The van der Waals surface area contributed by atoms with Crippen LogP contribution in [-0.2, 0) is 48.2 Å². The van der Waals surface area contributed by atoms with E-state index in [0.29, 0.717) is 0 Å². The summed E-state index contributed by atoms with van der Waals surface area (Å²) < 4.78 is 14.9. The van der Waals surface area contributed by atoms with Gasteiger partial charge in [-0.3, -0.25) is 0 Å². The van der Waals surface area contributed by atoms with Crippen molar-refractivity contribution in [3.63, 3.8) is 0 Å². The Kier molecular flexibility index (Phi) is 6.09. The van der Waals surface area contributed by atoms with Crippen molar-refractivity contribution in [3.8, 4) is 6.19 Å². The summed E-state index contributed by atoms with van der Waals surface area (Å²) in [4.78, 5) is 3.75. The summed E-state index contributed by atoms with van der Waals surface area (Å²) in [6.07, 6.45) is 7.18. The fourth-order valence-corrected chi connectivity index (χ4v) is 1.89. The van der Waals surface area contributed by atoms with Gasteiger partial charge in [-0.1, -0.05) is 12.4 Å². The van der Waals surface area contributed by atoms with Crippen LogP contribution in [0.4, 0.5) is 0 Å². The van der Waals surface area contributed by atoms with Crippen molar-refractivity contribution in [1.29, 1.82) is 5.26 Å². The van der Waals surface area contributed by atoms with Crippen LogP contribution in [0.25, 0.3) is 0 Å². The first kappa shape index (κ1) is 13.7. The van der Waals surface area contributed by atoms with Crippen LogP contribution < -0.4 is 0 Å². The second-order valence-corrected chi connectivity index (χ2v) is 4.98. The van der Waals surface area contributed by atoms with Crippen molar-refractivity contribution in [3.05, 3.63) is 30.1 Å². The van der Waals surface area contributed by atoms with Gasteiger partial charge >= 0.3 is 0 Å². The Morgan fingerprint density at radius 3 is 3.00 bits per heavy atom. The fraction of sp³-hybridized carbons (Fsp3) is 0.250. The minimum atomic E-state index is -2.42. The van der Waals surface area contributed by atoms with Gasteiger partial charge in [0.25, 0.3) is 0 Å². The van der Waals surface area contributed by atoms with Crippen molar-refractivity contribution in [2.24, 2.45) is 4.36 Å². The Balaban J connectivity index is 0.00000169. The average Bonchev–Trinajstić information content (AvgIpc) is 2.04. The van der Waals surface area contributed by atoms with E-state index in [4.69, 9.17) is 5.26 Å². The monoisotopic (exact) mass is 283 g/mol. The molecule has 71 valence electrons. The van der Waals surface area contributed by atoms with E-state index in [1.807, 2.05) is 0 Å². The molecule has 1 unspecified atom stereocenters. The maximum absolute atomic E-state index is 11.5. The second-order valence-electron chi connectivity index (χ2n) is 2.59. The Bertz CT molecular complexity index is 432. The third-order valence-corrected chi connectivity index (χ3v) is 2.68. The Morgan fingerprint density at radius 1 is 1.79 bits per heavy atom. The van der Waals surface area contributed by atoms with Crippen LogP contribution in [-0.4, -0.2) is 15.4 Å². The van der Waals surface area contributed by atoms with Gasteiger partial charge < -0.3 is 4.98 Å². The van der Waals surface area contributed by atoms with Crippen molar-refractivity contribution in [1.82, 2.24) is 4.98 Å². The number of pyridine rings is 1. The summed E-state index contributed by atoms with van der Waals surface area (Å²) in [6.45, 7) is 0. The number of rotatable bonds is 2. The summed E-state index contributed by atoms with van der Waals surface area (Å²) in [7, 11) is -2.42. The first-order valence-electron chi connectivity index (χ1n) is 3.53. The predicted octanol–water partition coefficient (Wildman–Crippen LogP) is 0.958. The van der Waals surface area contributed by atoms with Gasteiger partial charge in [0, 0.05) is 44.7 Å². The van der Waals surface area contributed by atoms with E-state index in [1.54, 1.807) is 24.5 Å². The van der Waals surface area contributed by atoms with Crippen LogP contribution in [0.5, 0.6) is 0 Å². The van der Waals surface area contributed by atoms with Gasteiger partial charge in [-0.05, 0) is 0 Å². The molecule has 0 aliphatic heterocycles. The standard InChI is InChI=1S/C8H8N3OS.Y/c1-13(12,11-7-9)6-8-3-2-4-10-5-8;/h2-3,5H,6H2,1H3;/q-1;. The first-order chi connectivity index (χ1) is 6.14. The van der Waals surface area contributed by atoms with E-state index in [2.05, 4.69) is 15.5 Å². The molecule has 1 atom stereocenters. The fourth-order valence-electron chi connectivity index (χ4n) is 0.864. The molecule has 0 saturated heterocycles. The molecule has 1 radical (unpaired) electrons. The van der Waals surface area contributed by atoms with E-state index in [9.17, 15) is 4.21 Å². The molecule has 4 nitrogen and oxygen atoms in total. The molecule has 1 rings (SSSR count). The molecule has 0 fully saturated rings. The minimum absolute atomic E-state index is 0. The maximum atomic E-state index is 11.5. The van der Waals surface area contributed by atoms with E-state index in [-0.39, 0.29) is 38.5 Å². The average molecular weight is 283 g/mol. The molecule has 0 aliphatic rings. The topological polar surface area (TPSA) is 66.1 Å². The molecular weight excluding hydrogens is 275 g/mol. The molecule has 1 heterocycles. The molecule has 0 spiro atoms. The summed E-state index contributed by atoms with van der Waals surface area (Å²) in [5, 5.41) is 8.26. The quantitative estimate of drug-likeness (QED) is 0.599. The van der Waals surface area contributed by atoms with E-state index in [0.717, 1.165) is 5.56 Å². The molecule has 0 saturated carbocycles. The molecule has 1 aromatic heterocycles. The number of aromatic nitrogens is 1. The maximum Gasteiger partial charge on any atom is 0.214 e. The number of hydrogen-bond donors (Lipinski definition) is 0. The van der Waals surface area contributed by atoms with E-state index < -0.39 is 9.73 Å². The second kappa shape index (κ2) is 6.23. The third-order valence-electron chi connectivity index (χ3n) is 1.35. The van der Waals surface area contributed by atoms with Gasteiger partial charge in [0.15, 0.2) is 0 Å². The van der Waals surface area contributed by atoms with Gasteiger partial charge in [0.2, 0.25) is 6.19 Å². The minimum Gasteiger partial charge on any atom is -0.394 e. The van der Waals surface area contributed by atoms with Crippen LogP contribution in [0.2, 0.25) is 0 Å². The first-order valence-corrected chi connectivity index (χ1v) is 5.62. The molecular formula is C8H8N3OSY-. The van der Waals surface area contributed by atoms with Crippen LogP contribution in [0, 0.1) is 17.7 Å². The van der Waals surface area contributed by atoms with Gasteiger partial charge in [-0.2, -0.15) is 17.4 Å². The zero-order valence-corrected chi connectivity index (χ0v) is 11.3. The Labute approximate surface area is 109 Å². The predicted molar refractivity (Wildman–Crippen MR) is 48.9 cm³/mol. The molecule has 0 aliphatic carbocycles. The van der Waals surface area contributed by atoms with Gasteiger partial charge in [-0.15, -0.1) is 9.93 Å². The van der Waals surface area contributed by atoms with Crippen LogP contribution >= 0.6 is 0 Å². The molecule has 0 amide bonds. The molecule has 14 heavy (non-hydrogen) atoms. The van der Waals surface area contributed by atoms with E-state index in [1.165, 1.54) is 6.26 Å². The van der Waals surface area contributed by atoms with Crippen molar-refractivity contribution < 1.29 is 36.9 Å². The Hall–Kier alpha value is -0.306. The zero-order chi connectivity index (χ0) is 9.73. The summed E-state index contributed by atoms with van der Waals surface area (Å²) in [5.74, 6) is 0.252. The van der Waals surface area contributed by atoms with Crippen LogP contribution in [0.15, 0.2) is 22.7 Å². The Morgan fingerprint density at radius 2 is 2.50 bits per heavy atom. The van der Waals surface area contributed by atoms with Gasteiger partial charge in [-0.25, -0.2) is 4.21 Å². The molecule has 0 N–H and O–H groups in total. The molecule has 6 heteroatoms. The molecule has 1 aromatic rings. The summed E-state index contributed by atoms with van der Waals surface area (Å²) in [6, 6.07) is 3.39. The van der Waals surface area contributed by atoms with Gasteiger partial charge in [0.05, 0.1) is 9.73 Å². The van der Waals surface area contributed by atoms with Gasteiger partial charge in [0.1, 0.15) is 0 Å². The zero-order valence-electron chi connectivity index (χ0n) is 7.67. The number of hydrogen-bond acceptors (Lipinski definition) is 4. The number of nitrogens with zero attached hydrogens (tertiary/aromatic N) is 3. The van der Waals surface area contributed by atoms with Crippen molar-refractivity contribution >= 4 is 9.73 Å². The third kappa shape index (κ3) is 4.80. The smallest absolute Gasteiger partial charge is 0.214 e. The van der Waals surface area contributed by atoms with Crippen LogP contribution in [0.1, 0.15) is 5.56 Å². The van der Waals surface area contributed by atoms with Crippen molar-refractivity contribution in [2.45, 2.75) is 5.75 Å². The summed E-state index contributed by atoms with van der Waals surface area (Å²) in [5.41, 5.74) is 0.797. The van der Waals surface area contributed by atoms with Crippen molar-refractivity contribution in [2.75, 3.05) is 6.26 Å². The summed E-state index contributed by atoms with van der Waals surface area (Å²) >= 11 is 0. The SMILES string of the molecule is CS(=O)(Cc1cc[c-]nc1)=NC#N.[Y]. The largest absolute Gasteiger partial charge is 0.394 e. The normalized spacial score (nSPS) is 13.1. The van der Waals surface area contributed by atoms with E-state index >= 15 is 0 Å². The number of nitriles is 1. The molecule has 0 aromatic carbocycles. The molecule has 0 bridgehead atoms.